The lowest BCUT2D eigenvalue weighted by Crippen LogP contribution is -2.36. The molecule has 1 aliphatic rings. The number of hydrogen-bond acceptors (Lipinski definition) is 4. The molecule has 126 valence electrons. The van der Waals surface area contributed by atoms with Crippen LogP contribution in [0.2, 0.25) is 5.02 Å². The molecule has 1 heterocycles. The van der Waals surface area contributed by atoms with E-state index in [2.05, 4.69) is 0 Å². The molecule has 0 radical (unpaired) electrons. The number of methoxy groups -OCH3 is 2. The van der Waals surface area contributed by atoms with Gasteiger partial charge in [0.1, 0.15) is 5.75 Å². The molecule has 2 aromatic carbocycles. The molecular weight excluding hydrogens is 330 g/mol. The number of nitrogens with zero attached hydrogens (tertiary/aromatic N) is 1. The number of phenolic OH excluding ortho intramolecular Hbond substituents is 1. The molecule has 0 aromatic heterocycles. The average Bonchev–Trinajstić information content (AvgIpc) is 2.61. The molecule has 0 bridgehead atoms. The van der Waals surface area contributed by atoms with E-state index in [1.807, 2.05) is 12.1 Å². The quantitative estimate of drug-likeness (QED) is 0.925. The Bertz CT molecular complexity index is 791. The van der Waals surface area contributed by atoms with Gasteiger partial charge in [0, 0.05) is 18.1 Å². The van der Waals surface area contributed by atoms with Gasteiger partial charge < -0.3 is 19.5 Å². The molecule has 0 aliphatic carbocycles. The zero-order valence-corrected chi connectivity index (χ0v) is 14.3. The molecule has 0 saturated heterocycles. The Morgan fingerprint density at radius 1 is 1.12 bits per heavy atom. The van der Waals surface area contributed by atoms with Crippen LogP contribution in [0.4, 0.5) is 0 Å². The molecule has 6 heteroatoms. The summed E-state index contributed by atoms with van der Waals surface area (Å²) in [4.78, 5) is 14.4. The molecule has 1 N–H and O–H groups in total. The minimum absolute atomic E-state index is 0.0671. The van der Waals surface area contributed by atoms with E-state index in [4.69, 9.17) is 21.1 Å². The summed E-state index contributed by atoms with van der Waals surface area (Å²) in [6.07, 6.45) is 0.711. The molecule has 0 spiro atoms. The van der Waals surface area contributed by atoms with Crippen LogP contribution in [0.25, 0.3) is 0 Å². The Labute approximate surface area is 145 Å². The zero-order chi connectivity index (χ0) is 17.3. The Morgan fingerprint density at radius 3 is 2.46 bits per heavy atom. The van der Waals surface area contributed by atoms with E-state index in [1.54, 1.807) is 25.2 Å². The third-order valence-electron chi connectivity index (χ3n) is 4.19. The molecule has 1 aliphatic heterocycles. The van der Waals surface area contributed by atoms with Crippen molar-refractivity contribution in [3.05, 3.63) is 52.0 Å². The SMILES string of the molecule is COc1cc2c(cc1OC)CN(C(=O)c1cc(Cl)ccc1O)CC2. The zero-order valence-electron chi connectivity index (χ0n) is 13.5. The molecule has 0 atom stereocenters. The van der Waals surface area contributed by atoms with Crippen molar-refractivity contribution in [1.29, 1.82) is 0 Å². The van der Waals surface area contributed by atoms with Gasteiger partial charge in [-0.25, -0.2) is 0 Å². The first-order chi connectivity index (χ1) is 11.5. The number of halogens is 1. The summed E-state index contributed by atoms with van der Waals surface area (Å²) in [6, 6.07) is 8.32. The Hall–Kier alpha value is -2.40. The summed E-state index contributed by atoms with van der Waals surface area (Å²) in [5.41, 5.74) is 2.35. The van der Waals surface area contributed by atoms with Gasteiger partial charge in [-0.15, -0.1) is 0 Å². The van der Waals surface area contributed by atoms with E-state index in [9.17, 15) is 9.90 Å². The number of aromatic hydroxyl groups is 1. The number of amides is 1. The van der Waals surface area contributed by atoms with Crippen molar-refractivity contribution in [2.45, 2.75) is 13.0 Å². The smallest absolute Gasteiger partial charge is 0.257 e. The third kappa shape index (κ3) is 2.99. The van der Waals surface area contributed by atoms with Crippen molar-refractivity contribution in [1.82, 2.24) is 4.90 Å². The number of rotatable bonds is 3. The number of hydrogen-bond donors (Lipinski definition) is 1. The Morgan fingerprint density at radius 2 is 1.79 bits per heavy atom. The predicted molar refractivity (Wildman–Crippen MR) is 91.1 cm³/mol. The van der Waals surface area contributed by atoms with Crippen LogP contribution in [0.1, 0.15) is 21.5 Å². The van der Waals surface area contributed by atoms with Crippen molar-refractivity contribution in [3.8, 4) is 17.2 Å². The monoisotopic (exact) mass is 347 g/mol. The number of carbonyl (C=O) groups excluding carboxylic acids is 1. The standard InChI is InChI=1S/C18H18ClNO4/c1-23-16-7-11-5-6-20(10-12(11)8-17(16)24-2)18(22)14-9-13(19)3-4-15(14)21/h3-4,7-9,21H,5-6,10H2,1-2H3. The molecule has 0 unspecified atom stereocenters. The highest BCUT2D eigenvalue weighted by Crippen LogP contribution is 2.34. The second-order valence-electron chi connectivity index (χ2n) is 5.61. The van der Waals surface area contributed by atoms with E-state index in [0.29, 0.717) is 36.0 Å². The fourth-order valence-electron chi connectivity index (χ4n) is 2.91. The van der Waals surface area contributed by atoms with E-state index >= 15 is 0 Å². The van der Waals surface area contributed by atoms with Crippen LogP contribution in [0.5, 0.6) is 17.2 Å². The number of benzene rings is 2. The van der Waals surface area contributed by atoms with Crippen molar-refractivity contribution in [3.63, 3.8) is 0 Å². The summed E-state index contributed by atoms with van der Waals surface area (Å²) in [5.74, 6) is 1.01. The highest BCUT2D eigenvalue weighted by Gasteiger charge is 2.25. The fourth-order valence-corrected chi connectivity index (χ4v) is 3.08. The van der Waals surface area contributed by atoms with Crippen LogP contribution in [0.15, 0.2) is 30.3 Å². The largest absolute Gasteiger partial charge is 0.507 e. The molecule has 2 aromatic rings. The topological polar surface area (TPSA) is 59.0 Å². The molecule has 5 nitrogen and oxygen atoms in total. The van der Waals surface area contributed by atoms with Crippen molar-refractivity contribution >= 4 is 17.5 Å². The second kappa shape index (κ2) is 6.61. The van der Waals surface area contributed by atoms with Crippen LogP contribution in [-0.4, -0.2) is 36.7 Å². The van der Waals surface area contributed by atoms with Gasteiger partial charge in [0.2, 0.25) is 0 Å². The summed E-state index contributed by atoms with van der Waals surface area (Å²) >= 11 is 5.94. The Kier molecular flexibility index (Phi) is 4.53. The molecular formula is C18H18ClNO4. The first-order valence-corrected chi connectivity index (χ1v) is 7.93. The van der Waals surface area contributed by atoms with Crippen molar-refractivity contribution < 1.29 is 19.4 Å². The van der Waals surface area contributed by atoms with Gasteiger partial charge in [-0.1, -0.05) is 11.6 Å². The maximum Gasteiger partial charge on any atom is 0.257 e. The van der Waals surface area contributed by atoms with E-state index < -0.39 is 0 Å². The molecule has 0 saturated carbocycles. The highest BCUT2D eigenvalue weighted by molar-refractivity contribution is 6.31. The van der Waals surface area contributed by atoms with Gasteiger partial charge in [0.15, 0.2) is 11.5 Å². The van der Waals surface area contributed by atoms with Crippen molar-refractivity contribution in [2.75, 3.05) is 20.8 Å². The van der Waals surface area contributed by atoms with E-state index in [0.717, 1.165) is 11.1 Å². The lowest BCUT2D eigenvalue weighted by atomic mass is 9.98. The second-order valence-corrected chi connectivity index (χ2v) is 6.05. The van der Waals surface area contributed by atoms with Crippen LogP contribution < -0.4 is 9.47 Å². The first kappa shape index (κ1) is 16.5. The number of carbonyl (C=O) groups is 1. The van der Waals surface area contributed by atoms with Gasteiger partial charge in [-0.05, 0) is 47.9 Å². The van der Waals surface area contributed by atoms with Gasteiger partial charge in [0.05, 0.1) is 19.8 Å². The summed E-state index contributed by atoms with van der Waals surface area (Å²) in [5, 5.41) is 10.4. The molecule has 1 amide bonds. The minimum atomic E-state index is -0.240. The lowest BCUT2D eigenvalue weighted by molar-refractivity contribution is 0.0731. The van der Waals surface area contributed by atoms with E-state index in [-0.39, 0.29) is 17.2 Å². The van der Waals surface area contributed by atoms with Crippen molar-refractivity contribution in [2.24, 2.45) is 0 Å². The van der Waals surface area contributed by atoms with Gasteiger partial charge in [-0.2, -0.15) is 0 Å². The Balaban J connectivity index is 1.89. The number of fused-ring (bicyclic) bond motifs is 1. The maximum absolute atomic E-state index is 12.7. The summed E-state index contributed by atoms with van der Waals surface area (Å²) < 4.78 is 10.7. The predicted octanol–water partition coefficient (Wildman–Crippen LogP) is 3.26. The fraction of sp³-hybridized carbons (Fsp3) is 0.278. The normalized spacial score (nSPS) is 13.4. The number of phenols is 1. The van der Waals surface area contributed by atoms with Gasteiger partial charge in [-0.3, -0.25) is 4.79 Å². The summed E-state index contributed by atoms with van der Waals surface area (Å²) in [6.45, 7) is 1.01. The molecule has 3 rings (SSSR count). The minimum Gasteiger partial charge on any atom is -0.507 e. The maximum atomic E-state index is 12.7. The van der Waals surface area contributed by atoms with Gasteiger partial charge >= 0.3 is 0 Å². The van der Waals surface area contributed by atoms with Gasteiger partial charge in [0.25, 0.3) is 5.91 Å². The van der Waals surface area contributed by atoms with Crippen LogP contribution >= 0.6 is 11.6 Å². The average molecular weight is 348 g/mol. The van der Waals surface area contributed by atoms with Crippen LogP contribution in [0, 0.1) is 0 Å². The first-order valence-electron chi connectivity index (χ1n) is 7.55. The molecule has 24 heavy (non-hydrogen) atoms. The lowest BCUT2D eigenvalue weighted by Gasteiger charge is -2.30. The molecule has 0 fully saturated rings. The summed E-state index contributed by atoms with van der Waals surface area (Å²) in [7, 11) is 3.19. The van der Waals surface area contributed by atoms with Crippen LogP contribution in [-0.2, 0) is 13.0 Å². The number of ether oxygens (including phenoxy) is 2. The highest BCUT2D eigenvalue weighted by atomic mass is 35.5. The van der Waals surface area contributed by atoms with Crippen LogP contribution in [0.3, 0.4) is 0 Å². The third-order valence-corrected chi connectivity index (χ3v) is 4.43. The van der Waals surface area contributed by atoms with E-state index in [1.165, 1.54) is 12.1 Å².